The van der Waals surface area contributed by atoms with Gasteiger partial charge >= 0.3 is 0 Å². The Bertz CT molecular complexity index is 634. The fourth-order valence-electron chi connectivity index (χ4n) is 2.89. The molecule has 1 fully saturated rings. The number of anilines is 1. The maximum atomic E-state index is 12.0. The number of carbonyl (C=O) groups excluding carboxylic acids is 1. The van der Waals surface area contributed by atoms with E-state index in [1.807, 2.05) is 37.2 Å². The van der Waals surface area contributed by atoms with Crippen LogP contribution < -0.4 is 10.2 Å². The van der Waals surface area contributed by atoms with Gasteiger partial charge in [-0.3, -0.25) is 9.69 Å². The molecule has 1 aliphatic rings. The second-order valence-corrected chi connectivity index (χ2v) is 8.66. The van der Waals surface area contributed by atoms with Crippen LogP contribution in [-0.4, -0.2) is 70.5 Å². The monoisotopic (exact) mass is 353 g/mol. The number of sulfone groups is 1. The summed E-state index contributed by atoms with van der Waals surface area (Å²) in [5.74, 6) is 0.345. The van der Waals surface area contributed by atoms with Gasteiger partial charge in [-0.1, -0.05) is 18.2 Å². The van der Waals surface area contributed by atoms with Crippen molar-refractivity contribution in [2.24, 2.45) is 0 Å². The minimum absolute atomic E-state index is 0.0371. The number of rotatable bonds is 8. The van der Waals surface area contributed by atoms with Crippen LogP contribution in [0.5, 0.6) is 0 Å². The topological polar surface area (TPSA) is 69.7 Å². The molecular formula is C17H27N3O3S. The van der Waals surface area contributed by atoms with Crippen LogP contribution in [0.4, 0.5) is 5.69 Å². The van der Waals surface area contributed by atoms with E-state index in [4.69, 9.17) is 0 Å². The first-order valence-electron chi connectivity index (χ1n) is 8.31. The van der Waals surface area contributed by atoms with Gasteiger partial charge in [0.15, 0.2) is 9.84 Å². The van der Waals surface area contributed by atoms with Crippen molar-refractivity contribution in [1.29, 1.82) is 0 Å². The molecule has 0 aliphatic carbocycles. The first-order chi connectivity index (χ1) is 11.4. The van der Waals surface area contributed by atoms with E-state index >= 15 is 0 Å². The number of carbonyl (C=O) groups is 1. The molecule has 0 spiro atoms. The zero-order valence-corrected chi connectivity index (χ0v) is 15.3. The molecule has 1 aromatic rings. The molecule has 0 saturated carbocycles. The van der Waals surface area contributed by atoms with Crippen LogP contribution in [0.3, 0.4) is 0 Å². The van der Waals surface area contributed by atoms with Gasteiger partial charge in [0.2, 0.25) is 5.91 Å². The normalized spacial score (nSPS) is 19.4. The fraction of sp³-hybridized carbons (Fsp3) is 0.588. The third-order valence-corrected chi connectivity index (χ3v) is 6.16. The number of para-hydroxylation sites is 1. The standard InChI is InChI=1S/C17H27N3O3S/c1-19(15-7-4-3-5-8-15)11-6-10-18-17(21)13-20(2)16-9-12-24(22,23)14-16/h3-5,7-8,16H,6,9-14H2,1-2H3,(H,18,21). The van der Waals surface area contributed by atoms with Crippen molar-refractivity contribution in [3.63, 3.8) is 0 Å². The molecule has 2 rings (SSSR count). The van der Waals surface area contributed by atoms with Gasteiger partial charge in [-0.25, -0.2) is 8.42 Å². The van der Waals surface area contributed by atoms with Crippen LogP contribution in [-0.2, 0) is 14.6 Å². The van der Waals surface area contributed by atoms with E-state index in [0.29, 0.717) is 13.0 Å². The van der Waals surface area contributed by atoms with Crippen LogP contribution in [0, 0.1) is 0 Å². The van der Waals surface area contributed by atoms with E-state index in [1.165, 1.54) is 0 Å². The smallest absolute Gasteiger partial charge is 0.234 e. The predicted molar refractivity (Wildman–Crippen MR) is 97.0 cm³/mol. The number of benzene rings is 1. The van der Waals surface area contributed by atoms with E-state index in [0.717, 1.165) is 18.7 Å². The summed E-state index contributed by atoms with van der Waals surface area (Å²) >= 11 is 0. The Morgan fingerprint density at radius 1 is 1.25 bits per heavy atom. The first-order valence-corrected chi connectivity index (χ1v) is 10.1. The van der Waals surface area contributed by atoms with Crippen molar-refractivity contribution in [2.75, 3.05) is 50.1 Å². The van der Waals surface area contributed by atoms with Crippen LogP contribution in [0.25, 0.3) is 0 Å². The molecule has 6 nitrogen and oxygen atoms in total. The van der Waals surface area contributed by atoms with E-state index < -0.39 is 9.84 Å². The van der Waals surface area contributed by atoms with Gasteiger partial charge in [0.25, 0.3) is 0 Å². The van der Waals surface area contributed by atoms with Crippen molar-refractivity contribution in [3.8, 4) is 0 Å². The molecule has 24 heavy (non-hydrogen) atoms. The number of hydrogen-bond acceptors (Lipinski definition) is 5. The molecule has 1 amide bonds. The van der Waals surface area contributed by atoms with Crippen LogP contribution in [0.1, 0.15) is 12.8 Å². The number of amides is 1. The van der Waals surface area contributed by atoms with Crippen LogP contribution in [0.15, 0.2) is 30.3 Å². The average molecular weight is 353 g/mol. The van der Waals surface area contributed by atoms with Crippen molar-refractivity contribution < 1.29 is 13.2 Å². The Balaban J connectivity index is 1.63. The molecule has 1 heterocycles. The number of likely N-dealkylation sites (N-methyl/N-ethyl adjacent to an activating group) is 1. The van der Waals surface area contributed by atoms with Crippen LogP contribution >= 0.6 is 0 Å². The Hall–Kier alpha value is -1.60. The fourth-order valence-corrected chi connectivity index (χ4v) is 4.70. The molecule has 7 heteroatoms. The largest absolute Gasteiger partial charge is 0.375 e. The third kappa shape index (κ3) is 5.79. The summed E-state index contributed by atoms with van der Waals surface area (Å²) in [7, 11) is 0.935. The summed E-state index contributed by atoms with van der Waals surface area (Å²) in [5.41, 5.74) is 1.16. The Labute approximate surface area is 144 Å². The predicted octanol–water partition coefficient (Wildman–Crippen LogP) is 0.748. The lowest BCUT2D eigenvalue weighted by Crippen LogP contribution is -2.41. The number of hydrogen-bond donors (Lipinski definition) is 1. The lowest BCUT2D eigenvalue weighted by Gasteiger charge is -2.22. The second-order valence-electron chi connectivity index (χ2n) is 6.43. The highest BCUT2D eigenvalue weighted by atomic mass is 32.2. The molecule has 134 valence electrons. The maximum absolute atomic E-state index is 12.0. The van der Waals surface area contributed by atoms with Gasteiger partial charge in [0.1, 0.15) is 0 Å². The molecule has 1 aromatic carbocycles. The van der Waals surface area contributed by atoms with Crippen molar-refractivity contribution >= 4 is 21.4 Å². The zero-order valence-electron chi connectivity index (χ0n) is 14.4. The summed E-state index contributed by atoms with van der Waals surface area (Å²) in [6, 6.07) is 10.1. The SMILES string of the molecule is CN(CCCNC(=O)CN(C)C1CCS(=O)(=O)C1)c1ccccc1. The summed E-state index contributed by atoms with van der Waals surface area (Å²) in [5, 5.41) is 2.91. The van der Waals surface area contributed by atoms with E-state index in [-0.39, 0.29) is 30.0 Å². The number of nitrogens with one attached hydrogen (secondary N) is 1. The number of nitrogens with zero attached hydrogens (tertiary/aromatic N) is 2. The van der Waals surface area contributed by atoms with Gasteiger partial charge in [0.05, 0.1) is 18.1 Å². The maximum Gasteiger partial charge on any atom is 0.234 e. The van der Waals surface area contributed by atoms with Crippen molar-refractivity contribution in [2.45, 2.75) is 18.9 Å². The van der Waals surface area contributed by atoms with Gasteiger partial charge in [0, 0.05) is 31.9 Å². The highest BCUT2D eigenvalue weighted by molar-refractivity contribution is 7.91. The lowest BCUT2D eigenvalue weighted by molar-refractivity contribution is -0.122. The molecule has 0 bridgehead atoms. The Morgan fingerprint density at radius 2 is 1.96 bits per heavy atom. The molecule has 1 atom stereocenters. The lowest BCUT2D eigenvalue weighted by atomic mass is 10.2. The minimum atomic E-state index is -2.91. The van der Waals surface area contributed by atoms with E-state index in [9.17, 15) is 13.2 Å². The highest BCUT2D eigenvalue weighted by Crippen LogP contribution is 2.16. The van der Waals surface area contributed by atoms with E-state index in [1.54, 1.807) is 0 Å². The second kappa shape index (κ2) is 8.48. The van der Waals surface area contributed by atoms with Gasteiger partial charge in [-0.2, -0.15) is 0 Å². The molecule has 1 aliphatic heterocycles. The first kappa shape index (κ1) is 18.7. The average Bonchev–Trinajstić information content (AvgIpc) is 2.92. The molecule has 1 unspecified atom stereocenters. The van der Waals surface area contributed by atoms with Crippen LogP contribution in [0.2, 0.25) is 0 Å². The van der Waals surface area contributed by atoms with Crippen molar-refractivity contribution in [1.82, 2.24) is 10.2 Å². The summed E-state index contributed by atoms with van der Waals surface area (Å²) in [6.07, 6.45) is 1.48. The summed E-state index contributed by atoms with van der Waals surface area (Å²) in [4.78, 5) is 16.0. The van der Waals surface area contributed by atoms with Gasteiger partial charge < -0.3 is 10.2 Å². The van der Waals surface area contributed by atoms with Gasteiger partial charge in [-0.05, 0) is 32.0 Å². The highest BCUT2D eigenvalue weighted by Gasteiger charge is 2.31. The zero-order chi connectivity index (χ0) is 17.6. The van der Waals surface area contributed by atoms with E-state index in [2.05, 4.69) is 22.3 Å². The van der Waals surface area contributed by atoms with Gasteiger partial charge in [-0.15, -0.1) is 0 Å². The molecule has 0 aromatic heterocycles. The minimum Gasteiger partial charge on any atom is -0.375 e. The Morgan fingerprint density at radius 3 is 2.58 bits per heavy atom. The molecule has 1 saturated heterocycles. The molecule has 0 radical (unpaired) electrons. The van der Waals surface area contributed by atoms with Crippen molar-refractivity contribution in [3.05, 3.63) is 30.3 Å². The Kier molecular flexibility index (Phi) is 6.62. The third-order valence-electron chi connectivity index (χ3n) is 4.41. The summed E-state index contributed by atoms with van der Waals surface area (Å²) < 4.78 is 23.0. The summed E-state index contributed by atoms with van der Waals surface area (Å²) in [6.45, 7) is 1.72. The molecule has 1 N–H and O–H groups in total. The quantitative estimate of drug-likeness (QED) is 0.699. The molecular weight excluding hydrogens is 326 g/mol.